The van der Waals surface area contributed by atoms with Crippen LogP contribution in [0.4, 0.5) is 0 Å². The molecular formula is C11H8NS. The van der Waals surface area contributed by atoms with Crippen molar-refractivity contribution in [2.45, 2.75) is 0 Å². The highest BCUT2D eigenvalue weighted by atomic mass is 32.1. The molecular weight excluding hydrogens is 178 g/mol. The van der Waals surface area contributed by atoms with Crippen molar-refractivity contribution in [2.75, 3.05) is 0 Å². The van der Waals surface area contributed by atoms with Crippen molar-refractivity contribution in [1.82, 2.24) is 4.98 Å². The van der Waals surface area contributed by atoms with Crippen LogP contribution in [0.15, 0.2) is 42.4 Å². The van der Waals surface area contributed by atoms with E-state index in [0.29, 0.717) is 0 Å². The maximum atomic E-state index is 4.19. The third-order valence-electron chi connectivity index (χ3n) is 1.72. The van der Waals surface area contributed by atoms with Crippen LogP contribution >= 0.6 is 11.3 Å². The Bertz CT molecular complexity index is 389. The molecule has 0 aliphatic carbocycles. The minimum Gasteiger partial charge on any atom is -0.245 e. The fourth-order valence-corrected chi connectivity index (χ4v) is 1.69. The van der Waals surface area contributed by atoms with E-state index in [0.717, 1.165) is 16.1 Å². The second-order valence-electron chi connectivity index (χ2n) is 2.59. The summed E-state index contributed by atoms with van der Waals surface area (Å²) in [5.74, 6) is 0. The number of hydrogen-bond acceptors (Lipinski definition) is 2. The lowest BCUT2D eigenvalue weighted by Crippen LogP contribution is -1.83. The molecule has 1 aromatic carbocycles. The molecule has 0 bridgehead atoms. The van der Waals surface area contributed by atoms with Crippen molar-refractivity contribution in [2.24, 2.45) is 0 Å². The molecule has 0 atom stereocenters. The maximum absolute atomic E-state index is 4.19. The van der Waals surface area contributed by atoms with Crippen molar-refractivity contribution in [3.63, 3.8) is 0 Å². The highest BCUT2D eigenvalue weighted by molar-refractivity contribution is 7.10. The van der Waals surface area contributed by atoms with E-state index in [9.17, 15) is 0 Å². The molecule has 0 saturated carbocycles. The van der Waals surface area contributed by atoms with Gasteiger partial charge in [-0.25, -0.2) is 4.98 Å². The second kappa shape index (κ2) is 3.54. The quantitative estimate of drug-likeness (QED) is 0.702. The van der Waals surface area contributed by atoms with Crippen LogP contribution in [-0.4, -0.2) is 4.98 Å². The van der Waals surface area contributed by atoms with Crippen LogP contribution in [-0.2, 0) is 0 Å². The van der Waals surface area contributed by atoms with Crippen LogP contribution in [0.5, 0.6) is 0 Å². The van der Waals surface area contributed by atoms with Crippen LogP contribution in [0.1, 0.15) is 10.6 Å². The Labute approximate surface area is 81.4 Å². The molecule has 63 valence electrons. The second-order valence-corrected chi connectivity index (χ2v) is 3.49. The number of hydrogen-bond donors (Lipinski definition) is 0. The first kappa shape index (κ1) is 8.20. The average Bonchev–Trinajstić information content (AvgIpc) is 2.71. The zero-order valence-corrected chi connectivity index (χ0v) is 7.84. The molecule has 0 unspecified atom stereocenters. The molecule has 1 nitrogen and oxygen atoms in total. The Balaban J connectivity index is 2.34. The summed E-state index contributed by atoms with van der Waals surface area (Å²) in [7, 11) is 0. The van der Waals surface area contributed by atoms with Crippen LogP contribution in [0.2, 0.25) is 0 Å². The third-order valence-corrected chi connectivity index (χ3v) is 2.56. The average molecular weight is 186 g/mol. The van der Waals surface area contributed by atoms with Gasteiger partial charge in [-0.1, -0.05) is 30.8 Å². The standard InChI is InChI=1S/C11H8NS/c1-9(11-12-7-8-13-11)10-5-3-2-4-6-10/h2-5,7-8H,1H2. The summed E-state index contributed by atoms with van der Waals surface area (Å²) in [6.45, 7) is 3.98. The van der Waals surface area contributed by atoms with Crippen molar-refractivity contribution in [3.05, 3.63) is 59.1 Å². The van der Waals surface area contributed by atoms with Crippen LogP contribution < -0.4 is 0 Å². The largest absolute Gasteiger partial charge is 0.245 e. The Hall–Kier alpha value is -1.41. The van der Waals surface area contributed by atoms with Crippen LogP contribution in [0.25, 0.3) is 5.57 Å². The van der Waals surface area contributed by atoms with Crippen LogP contribution in [0, 0.1) is 6.07 Å². The van der Waals surface area contributed by atoms with Gasteiger partial charge < -0.3 is 0 Å². The number of benzene rings is 1. The highest BCUT2D eigenvalue weighted by Gasteiger charge is 2.03. The normalized spacial score (nSPS) is 9.85. The lowest BCUT2D eigenvalue weighted by molar-refractivity contribution is 1.37. The molecule has 13 heavy (non-hydrogen) atoms. The van der Waals surface area contributed by atoms with Gasteiger partial charge in [0.05, 0.1) is 0 Å². The maximum Gasteiger partial charge on any atom is 0.123 e. The summed E-state index contributed by atoms with van der Waals surface area (Å²) >= 11 is 1.60. The van der Waals surface area contributed by atoms with E-state index in [1.807, 2.05) is 29.6 Å². The zero-order chi connectivity index (χ0) is 9.10. The van der Waals surface area contributed by atoms with Gasteiger partial charge in [0.1, 0.15) is 5.01 Å². The minimum atomic E-state index is 0.940. The molecule has 1 aromatic heterocycles. The Morgan fingerprint density at radius 2 is 2.38 bits per heavy atom. The summed E-state index contributed by atoms with van der Waals surface area (Å²) in [5.41, 5.74) is 1.95. The van der Waals surface area contributed by atoms with Crippen molar-refractivity contribution in [3.8, 4) is 0 Å². The van der Waals surface area contributed by atoms with E-state index in [-0.39, 0.29) is 0 Å². The van der Waals surface area contributed by atoms with Gasteiger partial charge in [-0.2, -0.15) is 0 Å². The van der Waals surface area contributed by atoms with E-state index in [1.165, 1.54) is 0 Å². The van der Waals surface area contributed by atoms with Gasteiger partial charge in [0, 0.05) is 17.2 Å². The molecule has 0 fully saturated rings. The van der Waals surface area contributed by atoms with E-state index >= 15 is 0 Å². The summed E-state index contributed by atoms with van der Waals surface area (Å²) in [4.78, 5) is 4.19. The van der Waals surface area contributed by atoms with Gasteiger partial charge in [0.25, 0.3) is 0 Å². The topological polar surface area (TPSA) is 12.9 Å². The smallest absolute Gasteiger partial charge is 0.123 e. The number of thiazole rings is 1. The van der Waals surface area contributed by atoms with E-state index in [1.54, 1.807) is 17.5 Å². The highest BCUT2D eigenvalue weighted by Crippen LogP contribution is 2.21. The molecule has 0 spiro atoms. The first-order valence-electron chi connectivity index (χ1n) is 3.94. The predicted octanol–water partition coefficient (Wildman–Crippen LogP) is 3.00. The Morgan fingerprint density at radius 1 is 1.46 bits per heavy atom. The number of aromatic nitrogens is 1. The van der Waals surface area contributed by atoms with E-state index < -0.39 is 0 Å². The lowest BCUT2D eigenvalue weighted by atomic mass is 10.1. The van der Waals surface area contributed by atoms with Crippen molar-refractivity contribution < 1.29 is 0 Å². The molecule has 0 aliphatic rings. The fraction of sp³-hybridized carbons (Fsp3) is 0. The van der Waals surface area contributed by atoms with Gasteiger partial charge in [0.2, 0.25) is 0 Å². The third kappa shape index (κ3) is 1.68. The van der Waals surface area contributed by atoms with E-state index in [4.69, 9.17) is 0 Å². The Morgan fingerprint density at radius 3 is 3.00 bits per heavy atom. The van der Waals surface area contributed by atoms with Crippen LogP contribution in [0.3, 0.4) is 0 Å². The molecule has 0 aliphatic heterocycles. The van der Waals surface area contributed by atoms with Gasteiger partial charge in [-0.15, -0.1) is 11.3 Å². The molecule has 0 N–H and O–H groups in total. The molecule has 1 radical (unpaired) electrons. The molecule has 2 aromatic rings. The molecule has 0 saturated heterocycles. The molecule has 1 heterocycles. The molecule has 0 amide bonds. The summed E-state index contributed by atoms with van der Waals surface area (Å²) in [6, 6.07) is 10.9. The summed E-state index contributed by atoms with van der Waals surface area (Å²) < 4.78 is 0. The predicted molar refractivity (Wildman–Crippen MR) is 55.5 cm³/mol. The minimum absolute atomic E-state index is 0.940. The van der Waals surface area contributed by atoms with E-state index in [2.05, 4.69) is 17.6 Å². The Kier molecular flexibility index (Phi) is 2.23. The fourth-order valence-electron chi connectivity index (χ4n) is 1.07. The SMILES string of the molecule is C=C(c1[c]cccc1)c1nccs1. The zero-order valence-electron chi connectivity index (χ0n) is 7.03. The van der Waals surface area contributed by atoms with Gasteiger partial charge >= 0.3 is 0 Å². The first-order chi connectivity index (χ1) is 6.38. The van der Waals surface area contributed by atoms with Crippen molar-refractivity contribution >= 4 is 16.9 Å². The summed E-state index contributed by atoms with van der Waals surface area (Å²) in [6.07, 6.45) is 1.79. The van der Waals surface area contributed by atoms with Crippen molar-refractivity contribution in [1.29, 1.82) is 0 Å². The number of nitrogens with zero attached hydrogens (tertiary/aromatic N) is 1. The lowest BCUT2D eigenvalue weighted by Gasteiger charge is -1.99. The monoisotopic (exact) mass is 186 g/mol. The van der Waals surface area contributed by atoms with Gasteiger partial charge in [-0.3, -0.25) is 0 Å². The number of rotatable bonds is 2. The van der Waals surface area contributed by atoms with Gasteiger partial charge in [0.15, 0.2) is 0 Å². The summed E-state index contributed by atoms with van der Waals surface area (Å²) in [5, 5.41) is 2.91. The van der Waals surface area contributed by atoms with Gasteiger partial charge in [-0.05, 0) is 11.6 Å². The first-order valence-corrected chi connectivity index (χ1v) is 4.82. The molecule has 2 rings (SSSR count). The molecule has 2 heteroatoms.